The second-order valence-corrected chi connectivity index (χ2v) is 6.89. The molecule has 0 unspecified atom stereocenters. The van der Waals surface area contributed by atoms with Gasteiger partial charge < -0.3 is 14.2 Å². The summed E-state index contributed by atoms with van der Waals surface area (Å²) < 4.78 is 69.5. The van der Waals surface area contributed by atoms with Gasteiger partial charge in [-0.25, -0.2) is 18.5 Å². The molecule has 0 N–H and O–H groups in total. The predicted molar refractivity (Wildman–Crippen MR) is 111 cm³/mol. The zero-order valence-electron chi connectivity index (χ0n) is 18.1. The second kappa shape index (κ2) is 9.72. The number of halogens is 4. The highest BCUT2D eigenvalue weighted by Crippen LogP contribution is 2.31. The summed E-state index contributed by atoms with van der Waals surface area (Å²) >= 11 is 0. The van der Waals surface area contributed by atoms with E-state index in [1.54, 1.807) is 6.07 Å². The van der Waals surface area contributed by atoms with Crippen LogP contribution in [0.15, 0.2) is 52.1 Å². The average Bonchev–Trinajstić information content (AvgIpc) is 2.81. The normalized spacial score (nSPS) is 11.0. The molecular formula is C22H15F4N3O6. The van der Waals surface area contributed by atoms with Crippen molar-refractivity contribution in [2.75, 3.05) is 13.7 Å². The van der Waals surface area contributed by atoms with Crippen LogP contribution in [-0.2, 0) is 22.8 Å². The summed E-state index contributed by atoms with van der Waals surface area (Å²) in [6.07, 6.45) is -4.99. The standard InChI is InChI=1S/C22H15F4N3O6/c1-28-18(22(24,25)26)9-19(30)29(21(28)32)16-8-17(12(10-27)7-15(16)23)35-14-5-3-13(4-6-14)34-11-20(31)33-2/h3-9H,11H2,1-2H3. The highest BCUT2D eigenvalue weighted by Gasteiger charge is 2.35. The largest absolute Gasteiger partial charge is 0.482 e. The molecule has 9 nitrogen and oxygen atoms in total. The number of rotatable bonds is 6. The van der Waals surface area contributed by atoms with Gasteiger partial charge in [0.25, 0.3) is 5.56 Å². The molecule has 182 valence electrons. The topological polar surface area (TPSA) is 113 Å². The number of alkyl halides is 3. The van der Waals surface area contributed by atoms with Crippen LogP contribution in [0, 0.1) is 17.1 Å². The molecule has 0 amide bonds. The first-order valence-electron chi connectivity index (χ1n) is 9.58. The maximum Gasteiger partial charge on any atom is 0.431 e. The minimum Gasteiger partial charge on any atom is -0.482 e. The summed E-state index contributed by atoms with van der Waals surface area (Å²) in [7, 11) is 1.98. The van der Waals surface area contributed by atoms with Gasteiger partial charge in [-0.15, -0.1) is 0 Å². The number of ether oxygens (including phenoxy) is 3. The Kier molecular flexibility index (Phi) is 6.95. The van der Waals surface area contributed by atoms with Crippen LogP contribution in [0.3, 0.4) is 0 Å². The monoisotopic (exact) mass is 493 g/mol. The molecule has 3 aromatic rings. The fourth-order valence-corrected chi connectivity index (χ4v) is 2.94. The molecule has 0 spiro atoms. The Morgan fingerprint density at radius 2 is 1.71 bits per heavy atom. The summed E-state index contributed by atoms with van der Waals surface area (Å²) in [5.41, 5.74) is -5.41. The molecule has 1 aromatic heterocycles. The first kappa shape index (κ1) is 25.0. The number of nitriles is 1. The zero-order chi connectivity index (χ0) is 25.9. The Balaban J connectivity index is 2.02. The third-order valence-corrected chi connectivity index (χ3v) is 4.66. The quantitative estimate of drug-likeness (QED) is 0.383. The smallest absolute Gasteiger partial charge is 0.431 e. The average molecular weight is 493 g/mol. The van der Waals surface area contributed by atoms with E-state index < -0.39 is 40.6 Å². The molecule has 0 saturated heterocycles. The molecule has 2 aromatic carbocycles. The van der Waals surface area contributed by atoms with Crippen molar-refractivity contribution in [3.63, 3.8) is 0 Å². The Morgan fingerprint density at radius 3 is 2.29 bits per heavy atom. The van der Waals surface area contributed by atoms with Crippen LogP contribution < -0.4 is 20.7 Å². The lowest BCUT2D eigenvalue weighted by molar-refractivity contribution is -0.144. The number of hydrogen-bond donors (Lipinski definition) is 0. The third-order valence-electron chi connectivity index (χ3n) is 4.66. The van der Waals surface area contributed by atoms with Crippen LogP contribution in [0.5, 0.6) is 17.2 Å². The summed E-state index contributed by atoms with van der Waals surface area (Å²) in [6.45, 7) is -0.340. The van der Waals surface area contributed by atoms with Crippen LogP contribution in [-0.4, -0.2) is 28.8 Å². The van der Waals surface area contributed by atoms with E-state index >= 15 is 0 Å². The number of hydrogen-bond acceptors (Lipinski definition) is 7. The number of benzene rings is 2. The SMILES string of the molecule is COC(=O)COc1ccc(Oc2cc(-n3c(=O)cc(C(F)(F)F)n(C)c3=O)c(F)cc2C#N)cc1. The van der Waals surface area contributed by atoms with Crippen LogP contribution in [0.1, 0.15) is 11.3 Å². The molecule has 1 heterocycles. The van der Waals surface area contributed by atoms with Gasteiger partial charge in [-0.1, -0.05) is 0 Å². The lowest BCUT2D eigenvalue weighted by Gasteiger charge is -2.15. The Morgan fingerprint density at radius 1 is 1.09 bits per heavy atom. The van der Waals surface area contributed by atoms with Crippen LogP contribution in [0.2, 0.25) is 0 Å². The van der Waals surface area contributed by atoms with Crippen LogP contribution >= 0.6 is 0 Å². The summed E-state index contributed by atoms with van der Waals surface area (Å²) in [5, 5.41) is 9.33. The zero-order valence-corrected chi connectivity index (χ0v) is 18.1. The van der Waals surface area contributed by atoms with Gasteiger partial charge >= 0.3 is 17.8 Å². The van der Waals surface area contributed by atoms with Crippen molar-refractivity contribution >= 4 is 5.97 Å². The van der Waals surface area contributed by atoms with E-state index in [4.69, 9.17) is 9.47 Å². The molecule has 35 heavy (non-hydrogen) atoms. The first-order chi connectivity index (χ1) is 16.5. The van der Waals surface area contributed by atoms with E-state index in [1.165, 1.54) is 31.4 Å². The Bertz CT molecular complexity index is 1440. The number of nitrogens with zero attached hydrogens (tertiary/aromatic N) is 3. The van der Waals surface area contributed by atoms with Crippen molar-refractivity contribution in [3.8, 4) is 29.0 Å². The van der Waals surface area contributed by atoms with Gasteiger partial charge in [0.2, 0.25) is 0 Å². The van der Waals surface area contributed by atoms with Crippen molar-refractivity contribution in [1.29, 1.82) is 5.26 Å². The van der Waals surface area contributed by atoms with E-state index in [9.17, 15) is 37.2 Å². The maximum absolute atomic E-state index is 14.7. The Labute approximate surface area is 193 Å². The lowest BCUT2D eigenvalue weighted by atomic mass is 10.1. The van der Waals surface area contributed by atoms with Gasteiger partial charge in [0.05, 0.1) is 18.4 Å². The molecule has 13 heteroatoms. The van der Waals surface area contributed by atoms with E-state index in [0.29, 0.717) is 6.07 Å². The Hall–Kier alpha value is -4.60. The number of methoxy groups -OCH3 is 1. The van der Waals surface area contributed by atoms with Crippen molar-refractivity contribution in [2.45, 2.75) is 6.18 Å². The highest BCUT2D eigenvalue weighted by molar-refractivity contribution is 5.70. The van der Waals surface area contributed by atoms with E-state index in [0.717, 1.165) is 13.1 Å². The fraction of sp³-hybridized carbons (Fsp3) is 0.182. The molecule has 0 atom stereocenters. The van der Waals surface area contributed by atoms with Gasteiger partial charge in [0, 0.05) is 19.2 Å². The second-order valence-electron chi connectivity index (χ2n) is 6.89. The minimum absolute atomic E-state index is 0.122. The summed E-state index contributed by atoms with van der Waals surface area (Å²) in [4.78, 5) is 36.0. The third kappa shape index (κ3) is 5.32. The molecule has 0 aliphatic carbocycles. The number of aromatic nitrogens is 2. The van der Waals surface area contributed by atoms with Gasteiger partial charge in [-0.05, 0) is 30.3 Å². The maximum atomic E-state index is 14.7. The van der Waals surface area contributed by atoms with Crippen LogP contribution in [0.25, 0.3) is 5.69 Å². The molecule has 0 fully saturated rings. The van der Waals surface area contributed by atoms with E-state index in [2.05, 4.69) is 4.74 Å². The fourth-order valence-electron chi connectivity index (χ4n) is 2.94. The summed E-state index contributed by atoms with van der Waals surface area (Å²) in [6, 6.07) is 9.01. The first-order valence-corrected chi connectivity index (χ1v) is 9.58. The van der Waals surface area contributed by atoms with Crippen molar-refractivity contribution < 1.29 is 36.6 Å². The molecule has 0 aliphatic heterocycles. The molecule has 3 rings (SSSR count). The van der Waals surface area contributed by atoms with Crippen molar-refractivity contribution in [2.24, 2.45) is 7.05 Å². The van der Waals surface area contributed by atoms with Crippen molar-refractivity contribution in [1.82, 2.24) is 9.13 Å². The van der Waals surface area contributed by atoms with E-state index in [1.807, 2.05) is 0 Å². The predicted octanol–water partition coefficient (Wildman–Crippen LogP) is 2.91. The molecule has 0 aliphatic rings. The highest BCUT2D eigenvalue weighted by atomic mass is 19.4. The lowest BCUT2D eigenvalue weighted by Crippen LogP contribution is -2.41. The van der Waals surface area contributed by atoms with Crippen LogP contribution in [0.4, 0.5) is 17.6 Å². The molecule has 0 radical (unpaired) electrons. The van der Waals surface area contributed by atoms with Gasteiger partial charge in [0.15, 0.2) is 6.61 Å². The number of carbonyl (C=O) groups excluding carboxylic acids is 1. The van der Waals surface area contributed by atoms with Crippen molar-refractivity contribution in [3.05, 3.63) is 80.4 Å². The number of carbonyl (C=O) groups is 1. The number of esters is 1. The minimum atomic E-state index is -4.99. The summed E-state index contributed by atoms with van der Waals surface area (Å²) in [5.74, 6) is -1.69. The van der Waals surface area contributed by atoms with Gasteiger partial charge in [-0.3, -0.25) is 9.36 Å². The molecular weight excluding hydrogens is 478 g/mol. The molecule has 0 saturated carbocycles. The van der Waals surface area contributed by atoms with Gasteiger partial charge in [-0.2, -0.15) is 18.4 Å². The van der Waals surface area contributed by atoms with Gasteiger partial charge in [0.1, 0.15) is 34.8 Å². The van der Waals surface area contributed by atoms with E-state index in [-0.39, 0.29) is 44.6 Å². The molecule has 0 bridgehead atoms.